The van der Waals surface area contributed by atoms with Crippen LogP contribution in [-0.4, -0.2) is 39.5 Å². The Morgan fingerprint density at radius 3 is 2.39 bits per heavy atom. The Morgan fingerprint density at radius 2 is 1.70 bits per heavy atom. The van der Waals surface area contributed by atoms with E-state index >= 15 is 0 Å². The average Bonchev–Trinajstić information content (AvgIpc) is 3.40. The highest BCUT2D eigenvalue weighted by atomic mass is 32.2. The van der Waals surface area contributed by atoms with Gasteiger partial charge in [-0.2, -0.15) is 0 Å². The van der Waals surface area contributed by atoms with Crippen LogP contribution in [0.1, 0.15) is 12.8 Å². The summed E-state index contributed by atoms with van der Waals surface area (Å²) in [4.78, 5) is 2.55. The molecule has 4 nitrogen and oxygen atoms in total. The number of nitrogens with zero attached hydrogens (tertiary/aromatic N) is 1. The van der Waals surface area contributed by atoms with Crippen molar-refractivity contribution in [3.63, 3.8) is 0 Å². The number of benzene rings is 2. The average molecular weight is 330 g/mol. The van der Waals surface area contributed by atoms with Crippen molar-refractivity contribution in [3.05, 3.63) is 54.6 Å². The largest absolute Gasteiger partial charge is 0.302 e. The van der Waals surface area contributed by atoms with Crippen molar-refractivity contribution >= 4 is 10.0 Å². The third-order valence-electron chi connectivity index (χ3n) is 4.19. The van der Waals surface area contributed by atoms with E-state index in [1.807, 2.05) is 49.5 Å². The molecule has 0 aromatic heterocycles. The second kappa shape index (κ2) is 6.83. The number of rotatable bonds is 7. The van der Waals surface area contributed by atoms with Crippen LogP contribution in [0.3, 0.4) is 0 Å². The molecule has 2 aromatic rings. The number of sulfonamides is 1. The van der Waals surface area contributed by atoms with Gasteiger partial charge in [0.15, 0.2) is 0 Å². The molecule has 122 valence electrons. The normalized spacial score (nSPS) is 15.0. The SMILES string of the molecule is CN(CCNS(=O)(=O)c1ccccc1-c1ccccc1)C1CC1. The first-order chi connectivity index (χ1) is 11.1. The van der Waals surface area contributed by atoms with Gasteiger partial charge in [-0.1, -0.05) is 48.5 Å². The number of hydrogen-bond acceptors (Lipinski definition) is 3. The van der Waals surface area contributed by atoms with E-state index in [4.69, 9.17) is 0 Å². The van der Waals surface area contributed by atoms with E-state index in [0.29, 0.717) is 17.5 Å². The summed E-state index contributed by atoms with van der Waals surface area (Å²) in [6, 6.07) is 17.4. The maximum atomic E-state index is 12.7. The van der Waals surface area contributed by atoms with Gasteiger partial charge in [0, 0.05) is 24.7 Å². The predicted octanol–water partition coefficient (Wildman–Crippen LogP) is 2.73. The van der Waals surface area contributed by atoms with E-state index < -0.39 is 10.0 Å². The molecule has 0 aliphatic heterocycles. The van der Waals surface area contributed by atoms with Crippen LogP contribution in [-0.2, 0) is 10.0 Å². The van der Waals surface area contributed by atoms with Gasteiger partial charge in [0.05, 0.1) is 4.90 Å². The van der Waals surface area contributed by atoms with Crippen LogP contribution >= 0.6 is 0 Å². The maximum Gasteiger partial charge on any atom is 0.241 e. The van der Waals surface area contributed by atoms with Gasteiger partial charge in [0.2, 0.25) is 10.0 Å². The molecule has 1 aliphatic rings. The van der Waals surface area contributed by atoms with Crippen molar-refractivity contribution in [2.45, 2.75) is 23.8 Å². The lowest BCUT2D eigenvalue weighted by Crippen LogP contribution is -2.34. The van der Waals surface area contributed by atoms with E-state index in [9.17, 15) is 8.42 Å². The Labute approximate surface area is 138 Å². The summed E-state index contributed by atoms with van der Waals surface area (Å²) in [7, 11) is -1.47. The lowest BCUT2D eigenvalue weighted by molar-refractivity contribution is 0.329. The molecule has 5 heteroatoms. The van der Waals surface area contributed by atoms with Crippen LogP contribution in [0.5, 0.6) is 0 Å². The first-order valence-corrected chi connectivity index (χ1v) is 9.40. The molecule has 23 heavy (non-hydrogen) atoms. The summed E-state index contributed by atoms with van der Waals surface area (Å²) in [6.45, 7) is 1.16. The quantitative estimate of drug-likeness (QED) is 0.849. The zero-order valence-corrected chi connectivity index (χ0v) is 14.1. The minimum atomic E-state index is -3.52. The van der Waals surface area contributed by atoms with Crippen LogP contribution in [0, 0.1) is 0 Å². The second-order valence-electron chi connectivity index (χ2n) is 5.97. The topological polar surface area (TPSA) is 49.4 Å². The van der Waals surface area contributed by atoms with Crippen molar-refractivity contribution in [1.29, 1.82) is 0 Å². The lowest BCUT2D eigenvalue weighted by atomic mass is 10.1. The molecule has 1 aliphatic carbocycles. The van der Waals surface area contributed by atoms with Gasteiger partial charge in [-0.05, 0) is 31.5 Å². The molecule has 0 saturated heterocycles. The van der Waals surface area contributed by atoms with Gasteiger partial charge < -0.3 is 4.90 Å². The highest BCUT2D eigenvalue weighted by Crippen LogP contribution is 2.27. The van der Waals surface area contributed by atoms with E-state index in [1.54, 1.807) is 12.1 Å². The van der Waals surface area contributed by atoms with Crippen molar-refractivity contribution in [2.75, 3.05) is 20.1 Å². The van der Waals surface area contributed by atoms with E-state index in [0.717, 1.165) is 17.7 Å². The molecule has 1 N–H and O–H groups in total. The molecule has 0 spiro atoms. The summed E-state index contributed by atoms with van der Waals surface area (Å²) in [6.07, 6.45) is 2.44. The number of hydrogen-bond donors (Lipinski definition) is 1. The highest BCUT2D eigenvalue weighted by Gasteiger charge is 2.26. The van der Waals surface area contributed by atoms with Crippen LogP contribution in [0.25, 0.3) is 11.1 Å². The molecule has 1 saturated carbocycles. The Bertz CT molecular complexity index is 756. The molecular formula is C18H22N2O2S. The van der Waals surface area contributed by atoms with Gasteiger partial charge in [-0.25, -0.2) is 13.1 Å². The van der Waals surface area contributed by atoms with Gasteiger partial charge in [-0.15, -0.1) is 0 Å². The Morgan fingerprint density at radius 1 is 1.04 bits per heavy atom. The fourth-order valence-corrected chi connectivity index (χ4v) is 3.94. The smallest absolute Gasteiger partial charge is 0.241 e. The maximum absolute atomic E-state index is 12.7. The van der Waals surface area contributed by atoms with E-state index in [-0.39, 0.29) is 0 Å². The van der Waals surface area contributed by atoms with Crippen LogP contribution in [0.4, 0.5) is 0 Å². The van der Waals surface area contributed by atoms with Crippen LogP contribution in [0.2, 0.25) is 0 Å². The van der Waals surface area contributed by atoms with Crippen molar-refractivity contribution in [1.82, 2.24) is 9.62 Å². The first-order valence-electron chi connectivity index (χ1n) is 7.92. The second-order valence-corrected chi connectivity index (χ2v) is 7.71. The minimum absolute atomic E-state index is 0.334. The zero-order chi connectivity index (χ0) is 16.3. The van der Waals surface area contributed by atoms with Gasteiger partial charge in [-0.3, -0.25) is 0 Å². The molecule has 0 radical (unpaired) electrons. The minimum Gasteiger partial charge on any atom is -0.302 e. The summed E-state index contributed by atoms with van der Waals surface area (Å²) in [5, 5.41) is 0. The fourth-order valence-electron chi connectivity index (χ4n) is 2.69. The highest BCUT2D eigenvalue weighted by molar-refractivity contribution is 7.89. The van der Waals surface area contributed by atoms with Crippen molar-refractivity contribution < 1.29 is 8.42 Å². The van der Waals surface area contributed by atoms with Gasteiger partial charge in [0.1, 0.15) is 0 Å². The molecule has 2 aromatic carbocycles. The van der Waals surface area contributed by atoms with Crippen molar-refractivity contribution in [3.8, 4) is 11.1 Å². The molecule has 0 bridgehead atoms. The Kier molecular flexibility index (Phi) is 4.80. The standard InChI is InChI=1S/C18H22N2O2S/c1-20(16-11-12-16)14-13-19-23(21,22)18-10-6-5-9-17(18)15-7-3-2-4-8-15/h2-10,16,19H,11-14H2,1H3. The molecular weight excluding hydrogens is 308 g/mol. The number of nitrogens with one attached hydrogen (secondary N) is 1. The Balaban J connectivity index is 1.77. The van der Waals surface area contributed by atoms with Crippen LogP contribution in [0.15, 0.2) is 59.5 Å². The van der Waals surface area contributed by atoms with E-state index in [2.05, 4.69) is 9.62 Å². The molecule has 0 amide bonds. The first kappa shape index (κ1) is 16.2. The van der Waals surface area contributed by atoms with Gasteiger partial charge >= 0.3 is 0 Å². The summed E-state index contributed by atoms with van der Waals surface area (Å²) in [5.74, 6) is 0. The fraction of sp³-hybridized carbons (Fsp3) is 0.333. The van der Waals surface area contributed by atoms with Gasteiger partial charge in [0.25, 0.3) is 0 Å². The lowest BCUT2D eigenvalue weighted by Gasteiger charge is -2.16. The van der Waals surface area contributed by atoms with Crippen LogP contribution < -0.4 is 4.72 Å². The molecule has 1 fully saturated rings. The molecule has 3 rings (SSSR count). The zero-order valence-electron chi connectivity index (χ0n) is 13.3. The molecule has 0 heterocycles. The predicted molar refractivity (Wildman–Crippen MR) is 92.7 cm³/mol. The summed E-state index contributed by atoms with van der Waals surface area (Å²) in [5.41, 5.74) is 1.64. The summed E-state index contributed by atoms with van der Waals surface area (Å²) < 4.78 is 28.1. The molecule has 0 unspecified atom stereocenters. The van der Waals surface area contributed by atoms with Crippen molar-refractivity contribution in [2.24, 2.45) is 0 Å². The molecule has 0 atom stereocenters. The third kappa shape index (κ3) is 3.99. The van der Waals surface area contributed by atoms with E-state index in [1.165, 1.54) is 12.8 Å². The monoisotopic (exact) mass is 330 g/mol. The Hall–Kier alpha value is -1.69. The summed E-state index contributed by atoms with van der Waals surface area (Å²) >= 11 is 0. The third-order valence-corrected chi connectivity index (χ3v) is 5.71. The number of likely N-dealkylation sites (N-methyl/N-ethyl adjacent to an activating group) is 1.